The highest BCUT2D eigenvalue weighted by Crippen LogP contribution is 2.28. The van der Waals surface area contributed by atoms with E-state index in [1.807, 2.05) is 26.0 Å². The van der Waals surface area contributed by atoms with E-state index in [0.717, 1.165) is 11.3 Å². The van der Waals surface area contributed by atoms with Crippen molar-refractivity contribution in [1.29, 1.82) is 5.41 Å². The molecular weight excluding hydrogens is 448 g/mol. The van der Waals surface area contributed by atoms with Gasteiger partial charge in [-0.05, 0) is 41.8 Å². The Labute approximate surface area is 200 Å². The number of carbonyl (C=O) groups excluding carboxylic acids is 1. The summed E-state index contributed by atoms with van der Waals surface area (Å²) in [6.07, 6.45) is 1.44. The molecule has 0 aliphatic rings. The summed E-state index contributed by atoms with van der Waals surface area (Å²) in [6.45, 7) is 4.07. The smallest absolute Gasteiger partial charge is 0.226 e. The van der Waals surface area contributed by atoms with E-state index < -0.39 is 9.84 Å². The number of hydrogen-bond acceptors (Lipinski definition) is 5. The molecule has 0 radical (unpaired) electrons. The molecule has 7 nitrogen and oxygen atoms in total. The van der Waals surface area contributed by atoms with Crippen molar-refractivity contribution in [2.75, 3.05) is 16.9 Å². The van der Waals surface area contributed by atoms with Crippen LogP contribution in [0.2, 0.25) is 0 Å². The van der Waals surface area contributed by atoms with Gasteiger partial charge in [0.2, 0.25) is 5.91 Å². The molecule has 5 N–H and O–H groups in total. The van der Waals surface area contributed by atoms with Crippen LogP contribution >= 0.6 is 0 Å². The second kappa shape index (κ2) is 10.5. The van der Waals surface area contributed by atoms with Crippen LogP contribution in [0.25, 0.3) is 11.1 Å². The zero-order valence-electron chi connectivity index (χ0n) is 19.5. The van der Waals surface area contributed by atoms with Gasteiger partial charge < -0.3 is 16.4 Å². The number of carbonyl (C=O) groups is 1. The summed E-state index contributed by atoms with van der Waals surface area (Å²) in [7, 11) is -3.36. The minimum absolute atomic E-state index is 0.00917. The van der Waals surface area contributed by atoms with Crippen molar-refractivity contribution in [2.24, 2.45) is 11.7 Å². The highest BCUT2D eigenvalue weighted by molar-refractivity contribution is 7.90. The predicted molar refractivity (Wildman–Crippen MR) is 138 cm³/mol. The number of amidine groups is 1. The maximum atomic E-state index is 12.7. The SMILES string of the molecule is CC(C)[C@H](CC(=O)Nc1ccc(-c2ccccc2S(C)(=O)=O)cc1)Nc1cccc(C(=N)N)c1. The maximum absolute atomic E-state index is 12.7. The summed E-state index contributed by atoms with van der Waals surface area (Å²) in [6, 6.07) is 21.1. The Hall–Kier alpha value is -3.65. The lowest BCUT2D eigenvalue weighted by atomic mass is 9.99. The van der Waals surface area contributed by atoms with Crippen LogP contribution in [-0.2, 0) is 14.6 Å². The molecule has 0 aliphatic carbocycles. The molecule has 0 aliphatic heterocycles. The van der Waals surface area contributed by atoms with Crippen LogP contribution in [0.5, 0.6) is 0 Å². The van der Waals surface area contributed by atoms with Gasteiger partial charge in [-0.2, -0.15) is 0 Å². The number of amides is 1. The molecule has 0 fully saturated rings. The van der Waals surface area contributed by atoms with Crippen molar-refractivity contribution in [1.82, 2.24) is 0 Å². The molecule has 34 heavy (non-hydrogen) atoms. The fraction of sp³-hybridized carbons (Fsp3) is 0.231. The van der Waals surface area contributed by atoms with Gasteiger partial charge in [0.1, 0.15) is 5.84 Å². The van der Waals surface area contributed by atoms with E-state index in [1.165, 1.54) is 6.26 Å². The van der Waals surface area contributed by atoms with Crippen molar-refractivity contribution in [3.8, 4) is 11.1 Å². The zero-order chi connectivity index (χ0) is 24.9. The molecule has 3 rings (SSSR count). The van der Waals surface area contributed by atoms with Crippen molar-refractivity contribution in [2.45, 2.75) is 31.2 Å². The van der Waals surface area contributed by atoms with Crippen molar-refractivity contribution >= 4 is 33.0 Å². The minimum atomic E-state index is -3.36. The van der Waals surface area contributed by atoms with Crippen LogP contribution in [-0.4, -0.2) is 32.5 Å². The lowest BCUT2D eigenvalue weighted by Gasteiger charge is -2.23. The van der Waals surface area contributed by atoms with E-state index >= 15 is 0 Å². The summed E-state index contributed by atoms with van der Waals surface area (Å²) in [5.41, 5.74) is 9.01. The number of hydrogen-bond donors (Lipinski definition) is 4. The Morgan fingerprint density at radius 3 is 2.26 bits per heavy atom. The molecule has 1 amide bonds. The molecule has 0 bridgehead atoms. The molecule has 0 saturated carbocycles. The lowest BCUT2D eigenvalue weighted by Crippen LogP contribution is -2.31. The number of anilines is 2. The fourth-order valence-corrected chi connectivity index (χ4v) is 4.53. The normalized spacial score (nSPS) is 12.2. The third-order valence-corrected chi connectivity index (χ3v) is 6.66. The van der Waals surface area contributed by atoms with Crippen molar-refractivity contribution in [3.63, 3.8) is 0 Å². The first kappa shape index (κ1) is 25.0. The Balaban J connectivity index is 1.69. The average molecular weight is 479 g/mol. The van der Waals surface area contributed by atoms with Gasteiger partial charge in [0.05, 0.1) is 4.90 Å². The van der Waals surface area contributed by atoms with E-state index in [1.54, 1.807) is 60.7 Å². The van der Waals surface area contributed by atoms with Gasteiger partial charge in [0.15, 0.2) is 9.84 Å². The van der Waals surface area contributed by atoms with Gasteiger partial charge in [0.25, 0.3) is 0 Å². The third kappa shape index (κ3) is 6.45. The molecule has 0 heterocycles. The van der Waals surface area contributed by atoms with Crippen LogP contribution in [0.1, 0.15) is 25.8 Å². The van der Waals surface area contributed by atoms with Crippen LogP contribution in [0.4, 0.5) is 11.4 Å². The van der Waals surface area contributed by atoms with Gasteiger partial charge in [-0.3, -0.25) is 10.2 Å². The van der Waals surface area contributed by atoms with E-state index in [-0.39, 0.29) is 35.0 Å². The molecular formula is C26H30N4O3S. The topological polar surface area (TPSA) is 125 Å². The molecule has 1 atom stereocenters. The van der Waals surface area contributed by atoms with Crippen LogP contribution in [0.15, 0.2) is 77.7 Å². The highest BCUT2D eigenvalue weighted by Gasteiger charge is 2.18. The molecule has 8 heteroatoms. The molecule has 0 unspecified atom stereocenters. The lowest BCUT2D eigenvalue weighted by molar-refractivity contribution is -0.116. The largest absolute Gasteiger partial charge is 0.384 e. The van der Waals surface area contributed by atoms with E-state index in [4.69, 9.17) is 11.1 Å². The second-order valence-electron chi connectivity index (χ2n) is 8.59. The Morgan fingerprint density at radius 1 is 0.971 bits per heavy atom. The van der Waals surface area contributed by atoms with Crippen molar-refractivity contribution < 1.29 is 13.2 Å². The summed E-state index contributed by atoms with van der Waals surface area (Å²) >= 11 is 0. The van der Waals surface area contributed by atoms with E-state index in [9.17, 15) is 13.2 Å². The Kier molecular flexibility index (Phi) is 7.73. The van der Waals surface area contributed by atoms with Gasteiger partial charge in [-0.25, -0.2) is 8.42 Å². The predicted octanol–water partition coefficient (Wildman–Crippen LogP) is 4.51. The third-order valence-electron chi connectivity index (χ3n) is 5.50. The Morgan fingerprint density at radius 2 is 1.65 bits per heavy atom. The second-order valence-corrected chi connectivity index (χ2v) is 10.6. The van der Waals surface area contributed by atoms with Crippen LogP contribution in [0.3, 0.4) is 0 Å². The number of nitrogens with one attached hydrogen (secondary N) is 3. The van der Waals surface area contributed by atoms with Gasteiger partial charge in [-0.15, -0.1) is 0 Å². The standard InChI is InChI=1S/C26H30N4O3S/c1-17(2)23(29-21-8-6-7-19(15-21)26(27)28)16-25(31)30-20-13-11-18(12-14-20)22-9-4-5-10-24(22)34(3,32)33/h4-15,17,23,29H,16H2,1-3H3,(H3,27,28)(H,30,31)/t23-/m0/s1. The quantitative estimate of drug-likeness (QED) is 0.266. The van der Waals surface area contributed by atoms with Crippen molar-refractivity contribution in [3.05, 3.63) is 78.4 Å². The Bertz CT molecular complexity index is 1290. The van der Waals surface area contributed by atoms with Gasteiger partial charge >= 0.3 is 0 Å². The monoisotopic (exact) mass is 478 g/mol. The number of sulfone groups is 1. The summed E-state index contributed by atoms with van der Waals surface area (Å²) < 4.78 is 24.2. The van der Waals surface area contributed by atoms with Crippen LogP contribution < -0.4 is 16.4 Å². The number of nitrogens with two attached hydrogens (primary N) is 1. The molecule has 0 aromatic heterocycles. The number of nitrogen functional groups attached to an aromatic ring is 1. The first-order valence-corrected chi connectivity index (χ1v) is 12.8. The van der Waals surface area contributed by atoms with Crippen LogP contribution in [0, 0.1) is 11.3 Å². The summed E-state index contributed by atoms with van der Waals surface area (Å²) in [5, 5.41) is 13.9. The molecule has 0 spiro atoms. The molecule has 0 saturated heterocycles. The minimum Gasteiger partial charge on any atom is -0.384 e. The maximum Gasteiger partial charge on any atom is 0.226 e. The first-order chi connectivity index (χ1) is 16.0. The number of benzene rings is 3. The molecule has 178 valence electrons. The average Bonchev–Trinajstić information content (AvgIpc) is 2.78. The molecule has 3 aromatic rings. The van der Waals surface area contributed by atoms with E-state index in [0.29, 0.717) is 16.8 Å². The molecule has 3 aromatic carbocycles. The van der Waals surface area contributed by atoms with Gasteiger partial charge in [0, 0.05) is 41.2 Å². The summed E-state index contributed by atoms with van der Waals surface area (Å²) in [4.78, 5) is 13.0. The highest BCUT2D eigenvalue weighted by atomic mass is 32.2. The first-order valence-electron chi connectivity index (χ1n) is 10.9. The zero-order valence-corrected chi connectivity index (χ0v) is 20.3. The van der Waals surface area contributed by atoms with E-state index in [2.05, 4.69) is 10.6 Å². The summed E-state index contributed by atoms with van der Waals surface area (Å²) in [5.74, 6) is 0.0323. The number of rotatable bonds is 9. The van der Waals surface area contributed by atoms with Gasteiger partial charge in [-0.1, -0.05) is 56.3 Å². The fourth-order valence-electron chi connectivity index (χ4n) is 3.62.